The summed E-state index contributed by atoms with van der Waals surface area (Å²) in [5.41, 5.74) is -0.272. The zero-order chi connectivity index (χ0) is 12.8. The average Bonchev–Trinajstić information content (AvgIpc) is 2.78. The fraction of sp³-hybridized carbons (Fsp3) is 0.400. The van der Waals surface area contributed by atoms with Crippen molar-refractivity contribution in [2.24, 2.45) is 0 Å². The van der Waals surface area contributed by atoms with Crippen LogP contribution in [0.5, 0.6) is 0 Å². The topological polar surface area (TPSA) is 50.4 Å². The van der Waals surface area contributed by atoms with Crippen molar-refractivity contribution in [2.45, 2.75) is 38.2 Å². The first-order valence-corrected chi connectivity index (χ1v) is 6.36. The van der Waals surface area contributed by atoms with Crippen LogP contribution in [-0.4, -0.2) is 5.11 Å². The van der Waals surface area contributed by atoms with E-state index in [4.69, 9.17) is 4.42 Å². The van der Waals surface area contributed by atoms with Gasteiger partial charge in [-0.25, -0.2) is 4.79 Å². The molecule has 0 atom stereocenters. The lowest BCUT2D eigenvalue weighted by atomic mass is 9.97. The maximum absolute atomic E-state index is 12.0. The molecule has 1 N–H and O–H groups in total. The number of fused-ring (bicyclic) bond motifs is 1. The highest BCUT2D eigenvalue weighted by Crippen LogP contribution is 2.38. The normalized spacial score (nSPS) is 18.3. The average molecular weight is 244 g/mol. The summed E-state index contributed by atoms with van der Waals surface area (Å²) >= 11 is 0. The number of benzene rings is 1. The third-order valence-electron chi connectivity index (χ3n) is 3.81. The Bertz CT molecular complexity index is 648. The maximum atomic E-state index is 12.0. The first-order valence-electron chi connectivity index (χ1n) is 6.36. The van der Waals surface area contributed by atoms with Crippen molar-refractivity contribution in [3.63, 3.8) is 0 Å². The van der Waals surface area contributed by atoms with Crippen molar-refractivity contribution >= 4 is 10.8 Å². The van der Waals surface area contributed by atoms with E-state index in [1.807, 2.05) is 31.2 Å². The van der Waals surface area contributed by atoms with Gasteiger partial charge in [-0.15, -0.1) is 0 Å². The first kappa shape index (κ1) is 11.5. The van der Waals surface area contributed by atoms with Crippen LogP contribution in [0.2, 0.25) is 0 Å². The highest BCUT2D eigenvalue weighted by atomic mass is 16.4. The van der Waals surface area contributed by atoms with E-state index in [-0.39, 0.29) is 5.63 Å². The molecule has 3 rings (SSSR count). The van der Waals surface area contributed by atoms with Crippen molar-refractivity contribution in [3.8, 4) is 0 Å². The van der Waals surface area contributed by atoms with Crippen LogP contribution in [0.3, 0.4) is 0 Å². The Kier molecular flexibility index (Phi) is 2.52. The van der Waals surface area contributed by atoms with E-state index in [0.717, 1.165) is 23.8 Å². The minimum absolute atomic E-state index is 0.355. The molecule has 1 aromatic carbocycles. The molecule has 1 heterocycles. The molecule has 1 fully saturated rings. The third kappa shape index (κ3) is 1.75. The minimum atomic E-state index is -0.946. The molecule has 3 nitrogen and oxygen atoms in total. The van der Waals surface area contributed by atoms with E-state index in [2.05, 4.69) is 0 Å². The molecule has 1 aliphatic rings. The Morgan fingerprint density at radius 3 is 2.67 bits per heavy atom. The molecule has 0 unspecified atom stereocenters. The van der Waals surface area contributed by atoms with Gasteiger partial charge in [-0.05, 0) is 50.1 Å². The Hall–Kier alpha value is -1.61. The molecule has 0 radical (unpaired) electrons. The van der Waals surface area contributed by atoms with Crippen LogP contribution in [0, 0.1) is 6.92 Å². The van der Waals surface area contributed by atoms with E-state index >= 15 is 0 Å². The standard InChI is InChI=1S/C15H16O3/c1-10-4-5-11-9-13(15(17)6-2-3-7-15)18-14(16)12(11)8-10/h4-5,8-9,17H,2-3,6-7H2,1H3. The highest BCUT2D eigenvalue weighted by molar-refractivity contribution is 5.82. The van der Waals surface area contributed by atoms with Gasteiger partial charge in [-0.1, -0.05) is 17.7 Å². The van der Waals surface area contributed by atoms with E-state index in [1.165, 1.54) is 0 Å². The SMILES string of the molecule is Cc1ccc2cc(C3(O)CCCC3)oc(=O)c2c1. The van der Waals surface area contributed by atoms with Crippen LogP contribution in [-0.2, 0) is 5.60 Å². The molecular weight excluding hydrogens is 228 g/mol. The van der Waals surface area contributed by atoms with Crippen molar-refractivity contribution in [2.75, 3.05) is 0 Å². The van der Waals surface area contributed by atoms with Gasteiger partial charge in [-0.2, -0.15) is 0 Å². The first-order chi connectivity index (χ1) is 8.58. The molecule has 0 bridgehead atoms. The fourth-order valence-corrected chi connectivity index (χ4v) is 2.73. The van der Waals surface area contributed by atoms with Crippen molar-refractivity contribution < 1.29 is 9.52 Å². The molecule has 94 valence electrons. The van der Waals surface area contributed by atoms with Crippen LogP contribution < -0.4 is 5.63 Å². The monoisotopic (exact) mass is 244 g/mol. The summed E-state index contributed by atoms with van der Waals surface area (Å²) in [5, 5.41) is 11.9. The van der Waals surface area contributed by atoms with Gasteiger partial charge >= 0.3 is 5.63 Å². The Balaban J connectivity index is 2.21. The van der Waals surface area contributed by atoms with Gasteiger partial charge in [0.1, 0.15) is 11.4 Å². The zero-order valence-electron chi connectivity index (χ0n) is 10.4. The van der Waals surface area contributed by atoms with Crippen molar-refractivity contribution in [3.05, 3.63) is 46.0 Å². The maximum Gasteiger partial charge on any atom is 0.343 e. The second kappa shape index (κ2) is 3.95. The van der Waals surface area contributed by atoms with Crippen LogP contribution >= 0.6 is 0 Å². The van der Waals surface area contributed by atoms with Gasteiger partial charge in [0, 0.05) is 0 Å². The highest BCUT2D eigenvalue weighted by Gasteiger charge is 2.36. The van der Waals surface area contributed by atoms with E-state index < -0.39 is 5.60 Å². The van der Waals surface area contributed by atoms with Crippen LogP contribution in [0.25, 0.3) is 10.8 Å². The summed E-state index contributed by atoms with van der Waals surface area (Å²) < 4.78 is 5.33. The summed E-state index contributed by atoms with van der Waals surface area (Å²) in [6, 6.07) is 7.50. The second-order valence-corrected chi connectivity index (χ2v) is 5.23. The predicted octanol–water partition coefficient (Wildman–Crippen LogP) is 2.86. The van der Waals surface area contributed by atoms with Crippen molar-refractivity contribution in [1.29, 1.82) is 0 Å². The number of rotatable bonds is 1. The Labute approximate surface area is 105 Å². The summed E-state index contributed by atoms with van der Waals surface area (Å²) in [6.45, 7) is 1.94. The smallest absolute Gasteiger partial charge is 0.343 e. The van der Waals surface area contributed by atoms with Gasteiger partial charge in [0.15, 0.2) is 0 Å². The quantitative estimate of drug-likeness (QED) is 0.839. The van der Waals surface area contributed by atoms with Crippen LogP contribution in [0.1, 0.15) is 37.0 Å². The van der Waals surface area contributed by atoms with Crippen LogP contribution in [0.4, 0.5) is 0 Å². The van der Waals surface area contributed by atoms with Gasteiger partial charge in [0.25, 0.3) is 0 Å². The summed E-state index contributed by atoms with van der Waals surface area (Å²) in [7, 11) is 0. The lowest BCUT2D eigenvalue weighted by molar-refractivity contribution is 0.0194. The van der Waals surface area contributed by atoms with Crippen molar-refractivity contribution in [1.82, 2.24) is 0 Å². The van der Waals surface area contributed by atoms with E-state index in [1.54, 1.807) is 0 Å². The summed E-state index contributed by atoms with van der Waals surface area (Å²) in [5.74, 6) is 0.418. The summed E-state index contributed by atoms with van der Waals surface area (Å²) in [6.07, 6.45) is 3.30. The zero-order valence-corrected chi connectivity index (χ0v) is 10.4. The Morgan fingerprint density at radius 1 is 1.22 bits per heavy atom. The molecule has 0 saturated heterocycles. The fourth-order valence-electron chi connectivity index (χ4n) is 2.73. The molecule has 0 spiro atoms. The van der Waals surface area contributed by atoms with Gasteiger partial charge in [0.05, 0.1) is 5.39 Å². The molecule has 3 heteroatoms. The molecule has 0 aliphatic heterocycles. The predicted molar refractivity (Wildman–Crippen MR) is 69.6 cm³/mol. The van der Waals surface area contributed by atoms with E-state index in [9.17, 15) is 9.90 Å². The van der Waals surface area contributed by atoms with E-state index in [0.29, 0.717) is 24.0 Å². The second-order valence-electron chi connectivity index (χ2n) is 5.23. The molecule has 2 aromatic rings. The summed E-state index contributed by atoms with van der Waals surface area (Å²) in [4.78, 5) is 12.0. The van der Waals surface area contributed by atoms with Crippen LogP contribution in [0.15, 0.2) is 33.5 Å². The van der Waals surface area contributed by atoms with Gasteiger partial charge in [-0.3, -0.25) is 0 Å². The number of hydrogen-bond donors (Lipinski definition) is 1. The Morgan fingerprint density at radius 2 is 1.94 bits per heavy atom. The molecule has 1 aliphatic carbocycles. The number of hydrogen-bond acceptors (Lipinski definition) is 3. The lowest BCUT2D eigenvalue weighted by Gasteiger charge is -2.20. The molecular formula is C15H16O3. The minimum Gasteiger partial charge on any atom is -0.424 e. The molecule has 1 aromatic heterocycles. The lowest BCUT2D eigenvalue weighted by Crippen LogP contribution is -2.22. The molecule has 0 amide bonds. The molecule has 18 heavy (non-hydrogen) atoms. The third-order valence-corrected chi connectivity index (χ3v) is 3.81. The molecule has 1 saturated carbocycles. The van der Waals surface area contributed by atoms with Gasteiger partial charge < -0.3 is 9.52 Å². The van der Waals surface area contributed by atoms with Gasteiger partial charge in [0.2, 0.25) is 0 Å². The largest absolute Gasteiger partial charge is 0.424 e. The number of aryl methyl sites for hydroxylation is 1. The number of aliphatic hydroxyl groups is 1.